The maximum atomic E-state index is 12.1. The number of carbonyl (C=O) groups excluding carboxylic acids is 1. The number of anilines is 1. The van der Waals surface area contributed by atoms with Gasteiger partial charge in [0, 0.05) is 18.5 Å². The molecule has 0 aliphatic rings. The van der Waals surface area contributed by atoms with Gasteiger partial charge in [-0.1, -0.05) is 18.2 Å². The Bertz CT molecular complexity index is 728. The zero-order valence-electron chi connectivity index (χ0n) is 11.4. The van der Waals surface area contributed by atoms with Crippen molar-refractivity contribution in [3.05, 3.63) is 29.8 Å². The van der Waals surface area contributed by atoms with E-state index >= 15 is 0 Å². The summed E-state index contributed by atoms with van der Waals surface area (Å²) in [6.45, 7) is -0.848. The first-order chi connectivity index (χ1) is 9.51. The van der Waals surface area contributed by atoms with Crippen molar-refractivity contribution in [3.63, 3.8) is 0 Å². The zero-order chi connectivity index (χ0) is 16.3. The maximum Gasteiger partial charge on any atom is 0.232 e. The van der Waals surface area contributed by atoms with Crippen LogP contribution in [0, 0.1) is 0 Å². The summed E-state index contributed by atoms with van der Waals surface area (Å²) in [7, 11) is -7.98. The minimum atomic E-state index is -4.20. The van der Waals surface area contributed by atoms with Gasteiger partial charge in [-0.2, -0.15) is 4.31 Å². The molecule has 1 amide bonds. The Labute approximate surface area is 123 Å². The summed E-state index contributed by atoms with van der Waals surface area (Å²) in [4.78, 5) is 11.0. The van der Waals surface area contributed by atoms with Crippen molar-refractivity contribution in [2.24, 2.45) is 5.73 Å². The molecule has 0 bridgehead atoms. The Hall–Kier alpha value is -1.65. The number of amides is 1. The summed E-state index contributed by atoms with van der Waals surface area (Å²) < 4.78 is 47.3. The van der Waals surface area contributed by atoms with Crippen LogP contribution in [0.5, 0.6) is 0 Å². The van der Waals surface area contributed by atoms with Gasteiger partial charge in [0.15, 0.2) is 14.9 Å². The van der Waals surface area contributed by atoms with E-state index in [2.05, 4.69) is 0 Å². The van der Waals surface area contributed by atoms with E-state index in [9.17, 15) is 21.6 Å². The SMILES string of the molecule is CS(=O)(=O)CS(=O)(=O)N(CC(N)=O)Cc1ccccc1N. The molecule has 4 N–H and O–H groups in total. The van der Waals surface area contributed by atoms with E-state index in [1.165, 1.54) is 0 Å². The summed E-state index contributed by atoms with van der Waals surface area (Å²) in [5.41, 5.74) is 11.5. The topological polar surface area (TPSA) is 141 Å². The lowest BCUT2D eigenvalue weighted by molar-refractivity contribution is -0.118. The first kappa shape index (κ1) is 17.4. The van der Waals surface area contributed by atoms with Crippen LogP contribution in [-0.2, 0) is 31.2 Å². The van der Waals surface area contributed by atoms with Crippen molar-refractivity contribution in [2.45, 2.75) is 6.54 Å². The summed E-state index contributed by atoms with van der Waals surface area (Å²) in [6.07, 6.45) is 0.796. The number of sulfone groups is 1. The fraction of sp³-hybridized carbons (Fsp3) is 0.364. The number of hydrogen-bond acceptors (Lipinski definition) is 6. The molecule has 0 aliphatic carbocycles. The fourth-order valence-corrected chi connectivity index (χ4v) is 5.06. The Kier molecular flexibility index (Phi) is 5.31. The lowest BCUT2D eigenvalue weighted by Gasteiger charge is -2.21. The van der Waals surface area contributed by atoms with Gasteiger partial charge in [0.25, 0.3) is 0 Å². The van der Waals surface area contributed by atoms with Crippen molar-refractivity contribution in [1.29, 1.82) is 0 Å². The number of rotatable bonds is 7. The summed E-state index contributed by atoms with van der Waals surface area (Å²) in [5.74, 6) is -0.887. The van der Waals surface area contributed by atoms with Crippen LogP contribution in [0.4, 0.5) is 5.69 Å². The van der Waals surface area contributed by atoms with Gasteiger partial charge in [0.05, 0.1) is 6.54 Å². The number of carbonyl (C=O) groups is 1. The van der Waals surface area contributed by atoms with E-state index in [0.29, 0.717) is 15.6 Å². The zero-order valence-corrected chi connectivity index (χ0v) is 13.0. The molecule has 0 spiro atoms. The van der Waals surface area contributed by atoms with Gasteiger partial charge in [-0.05, 0) is 11.6 Å². The molecule has 1 aromatic rings. The molecule has 0 heterocycles. The Morgan fingerprint density at radius 3 is 2.24 bits per heavy atom. The molecular weight excluding hydrogens is 318 g/mol. The molecule has 0 saturated heterocycles. The molecule has 0 atom stereocenters. The van der Waals surface area contributed by atoms with Crippen LogP contribution in [0.15, 0.2) is 24.3 Å². The summed E-state index contributed by atoms with van der Waals surface area (Å²) in [5, 5.41) is -1.10. The Balaban J connectivity index is 3.12. The van der Waals surface area contributed by atoms with Crippen LogP contribution in [0.1, 0.15) is 5.56 Å². The smallest absolute Gasteiger partial charge is 0.232 e. The Morgan fingerprint density at radius 1 is 1.19 bits per heavy atom. The average molecular weight is 335 g/mol. The minimum absolute atomic E-state index is 0.229. The number of sulfonamides is 1. The second kappa shape index (κ2) is 6.41. The number of para-hydroxylation sites is 1. The number of benzene rings is 1. The largest absolute Gasteiger partial charge is 0.398 e. The Morgan fingerprint density at radius 2 is 1.76 bits per heavy atom. The number of hydrogen-bond donors (Lipinski definition) is 2. The predicted octanol–water partition coefficient (Wildman–Crippen LogP) is -1.11. The van der Waals surface area contributed by atoms with Gasteiger partial charge in [0.2, 0.25) is 15.9 Å². The third-order valence-corrected chi connectivity index (χ3v) is 6.44. The molecule has 0 saturated carbocycles. The van der Waals surface area contributed by atoms with Gasteiger partial charge in [-0.15, -0.1) is 0 Å². The van der Waals surface area contributed by atoms with Crippen molar-refractivity contribution >= 4 is 31.5 Å². The fourth-order valence-electron chi connectivity index (χ4n) is 1.64. The molecule has 0 radical (unpaired) electrons. The van der Waals surface area contributed by atoms with E-state index in [4.69, 9.17) is 11.5 Å². The highest BCUT2D eigenvalue weighted by molar-refractivity contribution is 8.06. The minimum Gasteiger partial charge on any atom is -0.398 e. The quantitative estimate of drug-likeness (QED) is 0.605. The number of nitrogen functional groups attached to an aromatic ring is 1. The molecule has 1 rings (SSSR count). The highest BCUT2D eigenvalue weighted by Gasteiger charge is 2.28. The van der Waals surface area contributed by atoms with Crippen LogP contribution < -0.4 is 11.5 Å². The molecule has 21 heavy (non-hydrogen) atoms. The molecule has 8 nitrogen and oxygen atoms in total. The molecule has 10 heteroatoms. The second-order valence-electron chi connectivity index (χ2n) is 4.59. The normalized spacial score (nSPS) is 12.5. The molecule has 118 valence electrons. The lowest BCUT2D eigenvalue weighted by atomic mass is 10.2. The maximum absolute atomic E-state index is 12.1. The van der Waals surface area contributed by atoms with Crippen LogP contribution in [0.3, 0.4) is 0 Å². The first-order valence-corrected chi connectivity index (χ1v) is 9.45. The average Bonchev–Trinajstić information content (AvgIpc) is 2.27. The van der Waals surface area contributed by atoms with Gasteiger partial charge in [-0.25, -0.2) is 16.8 Å². The molecule has 0 unspecified atom stereocenters. The van der Waals surface area contributed by atoms with Gasteiger partial charge in [-0.3, -0.25) is 4.79 Å². The molecule has 1 aromatic carbocycles. The van der Waals surface area contributed by atoms with Crippen molar-refractivity contribution < 1.29 is 21.6 Å². The summed E-state index contributed by atoms with van der Waals surface area (Å²) >= 11 is 0. The van der Waals surface area contributed by atoms with Crippen molar-refractivity contribution in [1.82, 2.24) is 4.31 Å². The number of primary amides is 1. The van der Waals surface area contributed by atoms with Crippen LogP contribution >= 0.6 is 0 Å². The van der Waals surface area contributed by atoms with Crippen LogP contribution in [0.25, 0.3) is 0 Å². The van der Waals surface area contributed by atoms with Crippen molar-refractivity contribution in [2.75, 3.05) is 23.6 Å². The highest BCUT2D eigenvalue weighted by Crippen LogP contribution is 2.16. The summed E-state index contributed by atoms with van der Waals surface area (Å²) in [6, 6.07) is 6.47. The highest BCUT2D eigenvalue weighted by atomic mass is 32.3. The van der Waals surface area contributed by atoms with E-state index in [1.54, 1.807) is 24.3 Å². The third kappa shape index (κ3) is 5.69. The molecule has 0 aliphatic heterocycles. The van der Waals surface area contributed by atoms with E-state index in [0.717, 1.165) is 6.26 Å². The van der Waals surface area contributed by atoms with E-state index < -0.39 is 37.4 Å². The number of nitrogens with two attached hydrogens (primary N) is 2. The molecule has 0 fully saturated rings. The lowest BCUT2D eigenvalue weighted by Crippen LogP contribution is -2.40. The third-order valence-electron chi connectivity index (χ3n) is 2.49. The van der Waals surface area contributed by atoms with Gasteiger partial charge in [0.1, 0.15) is 0 Å². The van der Waals surface area contributed by atoms with E-state index in [1.807, 2.05) is 0 Å². The second-order valence-corrected chi connectivity index (χ2v) is 9.06. The molecular formula is C11H17N3O5S2. The van der Waals surface area contributed by atoms with Gasteiger partial charge < -0.3 is 11.5 Å². The molecule has 0 aromatic heterocycles. The predicted molar refractivity (Wildman–Crippen MR) is 79.1 cm³/mol. The van der Waals surface area contributed by atoms with E-state index in [-0.39, 0.29) is 6.54 Å². The monoisotopic (exact) mass is 335 g/mol. The van der Waals surface area contributed by atoms with Crippen LogP contribution in [0.2, 0.25) is 0 Å². The van der Waals surface area contributed by atoms with Crippen LogP contribution in [-0.4, -0.2) is 44.9 Å². The standard InChI is InChI=1S/C11H17N3O5S2/c1-20(16,17)8-21(18,19)14(7-11(13)15)6-9-4-2-3-5-10(9)12/h2-5H,6-8,12H2,1H3,(H2,13,15). The van der Waals surface area contributed by atoms with Gasteiger partial charge >= 0.3 is 0 Å². The number of nitrogens with zero attached hydrogens (tertiary/aromatic N) is 1. The van der Waals surface area contributed by atoms with Crippen molar-refractivity contribution in [3.8, 4) is 0 Å². The first-order valence-electron chi connectivity index (χ1n) is 5.78.